The highest BCUT2D eigenvalue weighted by Gasteiger charge is 2.15. The molecule has 0 N–H and O–H groups in total. The van der Waals surface area contributed by atoms with Gasteiger partial charge < -0.3 is 9.30 Å². The van der Waals surface area contributed by atoms with Crippen LogP contribution in [-0.2, 0) is 22.7 Å². The Morgan fingerprint density at radius 3 is 2.67 bits per heavy atom. The number of fused-ring (bicyclic) bond motifs is 1. The third-order valence-electron chi connectivity index (χ3n) is 4.53. The lowest BCUT2D eigenvalue weighted by Crippen LogP contribution is -2.32. The molecule has 0 unspecified atom stereocenters. The number of rotatable bonds is 6. The summed E-state index contributed by atoms with van der Waals surface area (Å²) in [7, 11) is 1.39. The van der Waals surface area contributed by atoms with Crippen LogP contribution in [0.15, 0.2) is 64.0 Å². The van der Waals surface area contributed by atoms with Crippen LogP contribution in [0.25, 0.3) is 10.9 Å². The van der Waals surface area contributed by atoms with Gasteiger partial charge in [0.25, 0.3) is 0 Å². The van der Waals surface area contributed by atoms with Crippen LogP contribution in [-0.4, -0.2) is 29.1 Å². The van der Waals surface area contributed by atoms with Gasteiger partial charge >= 0.3 is 5.97 Å². The number of carbonyl (C=O) groups is 1. The fourth-order valence-corrected chi connectivity index (χ4v) is 3.69. The zero-order valence-electron chi connectivity index (χ0n) is 15.3. The van der Waals surface area contributed by atoms with Crippen molar-refractivity contribution in [2.45, 2.75) is 20.1 Å². The molecule has 27 heavy (non-hydrogen) atoms. The maximum Gasteiger partial charge on any atom is 0.319 e. The lowest BCUT2D eigenvalue weighted by atomic mass is 10.1. The summed E-state index contributed by atoms with van der Waals surface area (Å²) in [6.07, 6.45) is 1.76. The molecule has 0 aliphatic heterocycles. The quantitative estimate of drug-likeness (QED) is 0.561. The van der Waals surface area contributed by atoms with Crippen molar-refractivity contribution in [1.82, 2.24) is 9.47 Å². The van der Waals surface area contributed by atoms with Gasteiger partial charge in [-0.25, -0.2) is 0 Å². The summed E-state index contributed by atoms with van der Waals surface area (Å²) in [6.45, 7) is 3.25. The molecule has 0 aliphatic carbocycles. The highest BCUT2D eigenvalue weighted by molar-refractivity contribution is 9.10. The van der Waals surface area contributed by atoms with Crippen molar-refractivity contribution in [2.75, 3.05) is 13.7 Å². The van der Waals surface area contributed by atoms with E-state index in [0.29, 0.717) is 18.6 Å². The minimum absolute atomic E-state index is 0.0269. The van der Waals surface area contributed by atoms with Gasteiger partial charge in [0.2, 0.25) is 0 Å². The van der Waals surface area contributed by atoms with Crippen LogP contribution in [0, 0.1) is 6.92 Å². The standard InChI is InChI=1S/C21H21BrN2O3/c1-15-6-3-4-7-16(15)12-23(13-20(26)27-2)14-24-11-10-19(25)17-8-5-9-18(22)21(17)24/h3-11H,12-14H2,1-2H3. The molecule has 0 bridgehead atoms. The molecule has 3 rings (SSSR count). The van der Waals surface area contributed by atoms with Crippen LogP contribution in [0.5, 0.6) is 0 Å². The van der Waals surface area contributed by atoms with Gasteiger partial charge in [0.05, 0.1) is 25.8 Å². The second-order valence-electron chi connectivity index (χ2n) is 6.42. The molecule has 1 aromatic heterocycles. The minimum atomic E-state index is -0.298. The molecule has 0 spiro atoms. The molecule has 0 radical (unpaired) electrons. The van der Waals surface area contributed by atoms with E-state index in [2.05, 4.69) is 35.0 Å². The molecule has 140 valence electrons. The highest BCUT2D eigenvalue weighted by Crippen LogP contribution is 2.22. The largest absolute Gasteiger partial charge is 0.468 e. The van der Waals surface area contributed by atoms with E-state index >= 15 is 0 Å². The van der Waals surface area contributed by atoms with E-state index in [1.54, 1.807) is 12.3 Å². The first-order valence-electron chi connectivity index (χ1n) is 8.61. The number of esters is 1. The molecule has 3 aromatic rings. The number of para-hydroxylation sites is 1. The van der Waals surface area contributed by atoms with Crippen LogP contribution < -0.4 is 5.43 Å². The Hall–Kier alpha value is -2.44. The van der Waals surface area contributed by atoms with Gasteiger partial charge in [-0.15, -0.1) is 0 Å². The van der Waals surface area contributed by atoms with E-state index in [4.69, 9.17) is 4.74 Å². The molecular formula is C21H21BrN2O3. The smallest absolute Gasteiger partial charge is 0.319 e. The summed E-state index contributed by atoms with van der Waals surface area (Å²) in [5, 5.41) is 0.640. The van der Waals surface area contributed by atoms with Gasteiger partial charge in [0.15, 0.2) is 5.43 Å². The second kappa shape index (κ2) is 8.50. The third-order valence-corrected chi connectivity index (χ3v) is 5.17. The van der Waals surface area contributed by atoms with Gasteiger partial charge in [-0.05, 0) is 46.1 Å². The summed E-state index contributed by atoms with van der Waals surface area (Å²) in [5.74, 6) is -0.298. The van der Waals surface area contributed by atoms with Crippen molar-refractivity contribution in [3.8, 4) is 0 Å². The van der Waals surface area contributed by atoms with E-state index < -0.39 is 0 Å². The molecule has 0 saturated heterocycles. The Bertz CT molecular complexity index is 1030. The number of hydrogen-bond acceptors (Lipinski definition) is 4. The van der Waals surface area contributed by atoms with Crippen LogP contribution in [0.1, 0.15) is 11.1 Å². The van der Waals surface area contributed by atoms with Crippen LogP contribution in [0.4, 0.5) is 0 Å². The van der Waals surface area contributed by atoms with E-state index in [-0.39, 0.29) is 17.9 Å². The number of pyridine rings is 1. The predicted molar refractivity (Wildman–Crippen MR) is 110 cm³/mol. The summed E-state index contributed by atoms with van der Waals surface area (Å²) in [4.78, 5) is 26.1. The van der Waals surface area contributed by atoms with Crippen LogP contribution >= 0.6 is 15.9 Å². The molecular weight excluding hydrogens is 408 g/mol. The SMILES string of the molecule is COC(=O)CN(Cc1ccccc1C)Cn1ccc(=O)c2cccc(Br)c21. The van der Waals surface area contributed by atoms with Crippen LogP contribution in [0.3, 0.4) is 0 Å². The third kappa shape index (κ3) is 4.46. The highest BCUT2D eigenvalue weighted by atomic mass is 79.9. The summed E-state index contributed by atoms with van der Waals surface area (Å²) in [5.41, 5.74) is 3.09. The van der Waals surface area contributed by atoms with Gasteiger partial charge in [0, 0.05) is 28.7 Å². The Morgan fingerprint density at radius 2 is 1.93 bits per heavy atom. The topological polar surface area (TPSA) is 51.5 Å². The lowest BCUT2D eigenvalue weighted by molar-refractivity contribution is -0.142. The molecule has 5 nitrogen and oxygen atoms in total. The van der Waals surface area contributed by atoms with E-state index in [0.717, 1.165) is 15.6 Å². The van der Waals surface area contributed by atoms with Crippen molar-refractivity contribution < 1.29 is 9.53 Å². The van der Waals surface area contributed by atoms with Crippen molar-refractivity contribution in [3.63, 3.8) is 0 Å². The Labute approximate surface area is 166 Å². The van der Waals surface area contributed by atoms with Crippen molar-refractivity contribution in [3.05, 3.63) is 80.6 Å². The number of ether oxygens (including phenoxy) is 1. The fraction of sp³-hybridized carbons (Fsp3) is 0.238. The Kier molecular flexibility index (Phi) is 6.08. The number of halogens is 1. The van der Waals surface area contributed by atoms with Gasteiger partial charge in [0.1, 0.15) is 0 Å². The Morgan fingerprint density at radius 1 is 1.15 bits per heavy atom. The molecule has 2 aromatic carbocycles. The lowest BCUT2D eigenvalue weighted by Gasteiger charge is -2.24. The first-order valence-corrected chi connectivity index (χ1v) is 9.40. The normalized spacial score (nSPS) is 11.1. The fourth-order valence-electron chi connectivity index (χ4n) is 3.09. The average molecular weight is 429 g/mol. The monoisotopic (exact) mass is 428 g/mol. The second-order valence-corrected chi connectivity index (χ2v) is 7.27. The first-order chi connectivity index (χ1) is 13.0. The molecule has 0 atom stereocenters. The molecule has 0 fully saturated rings. The van der Waals surface area contributed by atoms with Crippen molar-refractivity contribution in [2.24, 2.45) is 0 Å². The van der Waals surface area contributed by atoms with E-state index in [9.17, 15) is 9.59 Å². The van der Waals surface area contributed by atoms with E-state index in [1.807, 2.05) is 39.8 Å². The number of aryl methyl sites for hydroxylation is 1. The van der Waals surface area contributed by atoms with Crippen molar-refractivity contribution >= 4 is 32.8 Å². The van der Waals surface area contributed by atoms with Crippen LogP contribution in [0.2, 0.25) is 0 Å². The Balaban J connectivity index is 1.98. The number of hydrogen-bond donors (Lipinski definition) is 0. The summed E-state index contributed by atoms with van der Waals surface area (Å²) in [6, 6.07) is 15.2. The summed E-state index contributed by atoms with van der Waals surface area (Å²) < 4.78 is 7.68. The maximum atomic E-state index is 12.2. The number of methoxy groups -OCH3 is 1. The molecule has 6 heteroatoms. The molecule has 1 heterocycles. The van der Waals surface area contributed by atoms with Gasteiger partial charge in [-0.1, -0.05) is 30.3 Å². The number of benzene rings is 2. The molecule has 0 saturated carbocycles. The number of carbonyl (C=O) groups excluding carboxylic acids is 1. The number of nitrogens with zero attached hydrogens (tertiary/aromatic N) is 2. The van der Waals surface area contributed by atoms with Crippen molar-refractivity contribution in [1.29, 1.82) is 0 Å². The summed E-state index contributed by atoms with van der Waals surface area (Å²) >= 11 is 3.54. The van der Waals surface area contributed by atoms with Gasteiger partial charge in [-0.2, -0.15) is 0 Å². The molecule has 0 aliphatic rings. The minimum Gasteiger partial charge on any atom is -0.468 e. The zero-order chi connectivity index (χ0) is 19.4. The zero-order valence-corrected chi connectivity index (χ0v) is 16.9. The molecule has 0 amide bonds. The average Bonchev–Trinajstić information content (AvgIpc) is 2.66. The van der Waals surface area contributed by atoms with Gasteiger partial charge in [-0.3, -0.25) is 14.5 Å². The first kappa shape index (κ1) is 19.3. The number of aromatic nitrogens is 1. The van der Waals surface area contributed by atoms with E-state index in [1.165, 1.54) is 12.7 Å². The maximum absolute atomic E-state index is 12.2. The predicted octanol–water partition coefficient (Wildman–Crippen LogP) is 3.71.